The molecule has 2 fully saturated rings. The van der Waals surface area contributed by atoms with E-state index in [1.807, 2.05) is 11.0 Å². The molecule has 0 amide bonds. The smallest absolute Gasteiger partial charge is 0.395 e. The van der Waals surface area contributed by atoms with Crippen LogP contribution in [0.4, 0.5) is 13.2 Å². The van der Waals surface area contributed by atoms with Crippen molar-refractivity contribution in [2.75, 3.05) is 26.2 Å². The van der Waals surface area contributed by atoms with Crippen molar-refractivity contribution in [1.29, 1.82) is 0 Å². The number of halogens is 3. The number of carbonyl (C=O) groups is 1. The van der Waals surface area contributed by atoms with Crippen molar-refractivity contribution in [1.82, 2.24) is 9.88 Å². The van der Waals surface area contributed by atoms with Crippen molar-refractivity contribution >= 4 is 5.97 Å². The minimum Gasteiger partial charge on any atom is -0.478 e. The van der Waals surface area contributed by atoms with Gasteiger partial charge in [0.15, 0.2) is 0 Å². The van der Waals surface area contributed by atoms with Crippen LogP contribution in [0.15, 0.2) is 42.6 Å². The summed E-state index contributed by atoms with van der Waals surface area (Å²) < 4.78 is 46.8. The first kappa shape index (κ1) is 23.5. The monoisotopic (exact) mass is 462 g/mol. The van der Waals surface area contributed by atoms with Crippen LogP contribution in [-0.4, -0.2) is 53.4 Å². The predicted molar refractivity (Wildman–Crippen MR) is 118 cm³/mol. The highest BCUT2D eigenvalue weighted by molar-refractivity contribution is 5.88. The van der Waals surface area contributed by atoms with Crippen molar-refractivity contribution in [3.8, 4) is 17.0 Å². The van der Waals surface area contributed by atoms with E-state index in [-0.39, 0.29) is 24.9 Å². The number of benzene rings is 1. The van der Waals surface area contributed by atoms with Crippen molar-refractivity contribution < 1.29 is 27.8 Å². The van der Waals surface area contributed by atoms with Crippen LogP contribution in [0.25, 0.3) is 11.1 Å². The van der Waals surface area contributed by atoms with Crippen LogP contribution in [-0.2, 0) is 0 Å². The standard InChI is InChI=1S/C25H29F3N2O3/c26-25(27,28)24(11-1-2-12-24)17-30-13-9-18(10-14-30)16-33-22-8-7-21(15-29-22)19-3-5-20(6-4-19)23(31)32/h3-8,15,18H,1-2,9-14,16-17H2,(H,31,32). The molecule has 1 saturated heterocycles. The molecule has 0 unspecified atom stereocenters. The van der Waals surface area contributed by atoms with Gasteiger partial charge in [0.25, 0.3) is 0 Å². The SMILES string of the molecule is O=C(O)c1ccc(-c2ccc(OCC3CCN(CC4(C(F)(F)F)CCCC4)CC3)nc2)cc1. The first-order chi connectivity index (χ1) is 15.8. The van der Waals surface area contributed by atoms with Crippen molar-refractivity contribution in [2.24, 2.45) is 11.3 Å². The van der Waals surface area contributed by atoms with Gasteiger partial charge in [-0.1, -0.05) is 25.0 Å². The normalized spacial score (nSPS) is 19.5. The molecule has 1 aliphatic heterocycles. The Balaban J connectivity index is 1.25. The van der Waals surface area contributed by atoms with Crippen LogP contribution < -0.4 is 4.74 Å². The third-order valence-corrected chi connectivity index (χ3v) is 7.06. The van der Waals surface area contributed by atoms with E-state index in [4.69, 9.17) is 9.84 Å². The molecule has 33 heavy (non-hydrogen) atoms. The van der Waals surface area contributed by atoms with Crippen LogP contribution in [0, 0.1) is 11.3 Å². The van der Waals surface area contributed by atoms with Gasteiger partial charge in [-0.2, -0.15) is 13.2 Å². The Kier molecular flexibility index (Phi) is 6.93. The second-order valence-electron chi connectivity index (χ2n) is 9.28. The van der Waals surface area contributed by atoms with E-state index in [0.717, 1.165) is 24.0 Å². The van der Waals surface area contributed by atoms with E-state index in [1.165, 1.54) is 0 Å². The van der Waals surface area contributed by atoms with E-state index < -0.39 is 17.6 Å². The zero-order valence-corrected chi connectivity index (χ0v) is 18.5. The van der Waals surface area contributed by atoms with Gasteiger partial charge in [-0.05, 0) is 68.5 Å². The molecule has 4 rings (SSSR count). The van der Waals surface area contributed by atoms with Crippen LogP contribution in [0.1, 0.15) is 48.9 Å². The Morgan fingerprint density at radius 1 is 1.06 bits per heavy atom. The molecule has 2 aromatic rings. The lowest BCUT2D eigenvalue weighted by Gasteiger charge is -2.40. The van der Waals surface area contributed by atoms with Crippen LogP contribution in [0.2, 0.25) is 0 Å². The van der Waals surface area contributed by atoms with Crippen LogP contribution in [0.5, 0.6) is 5.88 Å². The van der Waals surface area contributed by atoms with Gasteiger partial charge in [0.05, 0.1) is 17.6 Å². The van der Waals surface area contributed by atoms with E-state index in [2.05, 4.69) is 4.98 Å². The summed E-state index contributed by atoms with van der Waals surface area (Å²) in [6, 6.07) is 10.2. The highest BCUT2D eigenvalue weighted by Gasteiger charge is 2.56. The molecule has 0 bridgehead atoms. The topological polar surface area (TPSA) is 62.7 Å². The van der Waals surface area contributed by atoms with Gasteiger partial charge in [0.2, 0.25) is 5.88 Å². The number of likely N-dealkylation sites (tertiary alicyclic amines) is 1. The van der Waals surface area contributed by atoms with Crippen LogP contribution >= 0.6 is 0 Å². The average molecular weight is 463 g/mol. The highest BCUT2D eigenvalue weighted by atomic mass is 19.4. The number of rotatable bonds is 7. The van der Waals surface area contributed by atoms with Gasteiger partial charge < -0.3 is 14.7 Å². The number of alkyl halides is 3. The molecule has 1 aromatic heterocycles. The quantitative estimate of drug-likeness (QED) is 0.575. The molecule has 1 N–H and O–H groups in total. The van der Waals surface area contributed by atoms with Gasteiger partial charge in [-0.15, -0.1) is 0 Å². The van der Waals surface area contributed by atoms with Crippen molar-refractivity contribution in [2.45, 2.75) is 44.7 Å². The molecule has 0 radical (unpaired) electrons. The maximum Gasteiger partial charge on any atom is 0.395 e. The maximum atomic E-state index is 13.7. The largest absolute Gasteiger partial charge is 0.478 e. The fraction of sp³-hybridized carbons (Fsp3) is 0.520. The Morgan fingerprint density at radius 2 is 1.70 bits per heavy atom. The molecule has 2 aliphatic rings. The van der Waals surface area contributed by atoms with Crippen LogP contribution in [0.3, 0.4) is 0 Å². The van der Waals surface area contributed by atoms with Crippen molar-refractivity contribution in [3.05, 3.63) is 48.2 Å². The number of hydrogen-bond donors (Lipinski definition) is 1. The summed E-state index contributed by atoms with van der Waals surface area (Å²) in [7, 11) is 0. The summed E-state index contributed by atoms with van der Waals surface area (Å²) in [5.41, 5.74) is 0.439. The summed E-state index contributed by atoms with van der Waals surface area (Å²) in [6.45, 7) is 1.97. The lowest BCUT2D eigenvalue weighted by molar-refractivity contribution is -0.228. The number of aromatic nitrogens is 1. The van der Waals surface area contributed by atoms with Gasteiger partial charge >= 0.3 is 12.1 Å². The number of ether oxygens (including phenoxy) is 1. The first-order valence-electron chi connectivity index (χ1n) is 11.5. The molecule has 8 heteroatoms. The molecule has 1 aromatic carbocycles. The highest BCUT2D eigenvalue weighted by Crippen LogP contribution is 2.51. The summed E-state index contributed by atoms with van der Waals surface area (Å²) in [5, 5.41) is 8.99. The summed E-state index contributed by atoms with van der Waals surface area (Å²) in [4.78, 5) is 17.3. The zero-order chi connectivity index (χ0) is 23.5. The number of pyridine rings is 1. The van der Waals surface area contributed by atoms with E-state index in [0.29, 0.717) is 44.3 Å². The molecule has 0 atom stereocenters. The van der Waals surface area contributed by atoms with Gasteiger partial charge in [-0.3, -0.25) is 0 Å². The zero-order valence-electron chi connectivity index (χ0n) is 18.5. The fourth-order valence-corrected chi connectivity index (χ4v) is 4.97. The first-order valence-corrected chi connectivity index (χ1v) is 11.5. The van der Waals surface area contributed by atoms with E-state index in [1.54, 1.807) is 36.5 Å². The number of hydrogen-bond acceptors (Lipinski definition) is 4. The summed E-state index contributed by atoms with van der Waals surface area (Å²) in [5.74, 6) is -0.158. The van der Waals surface area contributed by atoms with Gasteiger partial charge in [-0.25, -0.2) is 9.78 Å². The predicted octanol–water partition coefficient (Wildman–Crippen LogP) is 5.66. The molecule has 0 spiro atoms. The number of aromatic carboxylic acids is 1. The second-order valence-corrected chi connectivity index (χ2v) is 9.28. The van der Waals surface area contributed by atoms with Gasteiger partial charge in [0.1, 0.15) is 0 Å². The Labute approximate surface area is 191 Å². The minimum absolute atomic E-state index is 0.126. The summed E-state index contributed by atoms with van der Waals surface area (Å²) in [6.07, 6.45) is 1.05. The number of piperidine rings is 1. The van der Waals surface area contributed by atoms with Crippen molar-refractivity contribution in [3.63, 3.8) is 0 Å². The Hall–Kier alpha value is -2.61. The molecule has 1 aliphatic carbocycles. The molecule has 2 heterocycles. The number of nitrogens with zero attached hydrogens (tertiary/aromatic N) is 2. The third kappa shape index (κ3) is 5.49. The average Bonchev–Trinajstić information content (AvgIpc) is 3.29. The second kappa shape index (κ2) is 9.71. The summed E-state index contributed by atoms with van der Waals surface area (Å²) >= 11 is 0. The Morgan fingerprint density at radius 3 is 2.24 bits per heavy atom. The fourth-order valence-electron chi connectivity index (χ4n) is 4.97. The number of carboxylic acid groups (broad SMARTS) is 1. The third-order valence-electron chi connectivity index (χ3n) is 7.06. The minimum atomic E-state index is -4.13. The lowest BCUT2D eigenvalue weighted by atomic mass is 9.83. The molecular formula is C25H29F3N2O3. The maximum absolute atomic E-state index is 13.7. The molecule has 5 nitrogen and oxygen atoms in total. The molecule has 1 saturated carbocycles. The van der Waals surface area contributed by atoms with Gasteiger partial charge in [0, 0.05) is 24.4 Å². The number of carboxylic acids is 1. The van der Waals surface area contributed by atoms with E-state index in [9.17, 15) is 18.0 Å². The lowest BCUT2D eigenvalue weighted by Crippen LogP contribution is -2.48. The Bertz CT molecular complexity index is 931. The molecular weight excluding hydrogens is 433 g/mol. The van der Waals surface area contributed by atoms with E-state index >= 15 is 0 Å². The molecule has 178 valence electrons.